The molecule has 0 spiro atoms. The van der Waals surface area contributed by atoms with Crippen molar-refractivity contribution in [3.8, 4) is 0 Å². The third-order valence-corrected chi connectivity index (χ3v) is 4.26. The number of aromatic nitrogens is 2. The molecule has 2 rings (SSSR count). The van der Waals surface area contributed by atoms with Gasteiger partial charge in [-0.25, -0.2) is 0 Å². The van der Waals surface area contributed by atoms with Gasteiger partial charge >= 0.3 is 0 Å². The van der Waals surface area contributed by atoms with Crippen molar-refractivity contribution < 1.29 is 9.53 Å². The number of amides is 1. The van der Waals surface area contributed by atoms with E-state index in [-0.39, 0.29) is 17.6 Å². The second-order valence-corrected chi connectivity index (χ2v) is 8.55. The first-order valence-electron chi connectivity index (χ1n) is 9.66. The highest BCUT2D eigenvalue weighted by molar-refractivity contribution is 5.92. The summed E-state index contributed by atoms with van der Waals surface area (Å²) in [7, 11) is 0. The van der Waals surface area contributed by atoms with E-state index in [9.17, 15) is 4.79 Å². The van der Waals surface area contributed by atoms with E-state index in [1.165, 1.54) is 0 Å². The molecule has 0 atom stereocenters. The quantitative estimate of drug-likeness (QED) is 0.773. The summed E-state index contributed by atoms with van der Waals surface area (Å²) in [5.41, 5.74) is 3.56. The van der Waals surface area contributed by atoms with Gasteiger partial charge in [0.15, 0.2) is 0 Å². The van der Waals surface area contributed by atoms with Crippen molar-refractivity contribution >= 4 is 5.91 Å². The van der Waals surface area contributed by atoms with Crippen molar-refractivity contribution in [1.29, 1.82) is 0 Å². The highest BCUT2D eigenvalue weighted by Gasteiger charge is 2.23. The summed E-state index contributed by atoms with van der Waals surface area (Å²) in [5.74, 6) is 0.158. The summed E-state index contributed by atoms with van der Waals surface area (Å²) in [6.45, 7) is 15.6. The predicted molar refractivity (Wildman–Crippen MR) is 109 cm³/mol. The minimum Gasteiger partial charge on any atom is -0.374 e. The van der Waals surface area contributed by atoms with E-state index in [1.54, 1.807) is 0 Å². The summed E-state index contributed by atoms with van der Waals surface area (Å²) in [6.07, 6.45) is 0.215. The molecule has 0 radical (unpaired) electrons. The summed E-state index contributed by atoms with van der Waals surface area (Å²) in [5, 5.41) is 7.53. The Balaban J connectivity index is 2.01. The third-order valence-electron chi connectivity index (χ3n) is 4.26. The van der Waals surface area contributed by atoms with Crippen molar-refractivity contribution in [2.24, 2.45) is 0 Å². The summed E-state index contributed by atoms with van der Waals surface area (Å²) < 4.78 is 7.56. The lowest BCUT2D eigenvalue weighted by Crippen LogP contribution is -2.27. The number of ether oxygens (including phenoxy) is 1. The highest BCUT2D eigenvalue weighted by Crippen LogP contribution is 2.23. The number of carbonyl (C=O) groups excluding carboxylic acids is 1. The van der Waals surface area contributed by atoms with Gasteiger partial charge in [-0.2, -0.15) is 5.10 Å². The number of nitrogens with zero attached hydrogens (tertiary/aromatic N) is 2. The van der Waals surface area contributed by atoms with E-state index in [4.69, 9.17) is 4.74 Å². The van der Waals surface area contributed by atoms with E-state index in [0.717, 1.165) is 16.8 Å². The minimum absolute atomic E-state index is 0.146. The van der Waals surface area contributed by atoms with Crippen LogP contribution in [-0.2, 0) is 23.4 Å². The second-order valence-electron chi connectivity index (χ2n) is 8.55. The van der Waals surface area contributed by atoms with Gasteiger partial charge in [0, 0.05) is 12.2 Å². The second kappa shape index (κ2) is 8.70. The molecule has 1 heterocycles. The van der Waals surface area contributed by atoms with Gasteiger partial charge in [0.05, 0.1) is 18.2 Å². The molecule has 0 saturated heterocycles. The highest BCUT2D eigenvalue weighted by atomic mass is 16.5. The van der Waals surface area contributed by atoms with Crippen LogP contribution in [-0.4, -0.2) is 21.8 Å². The standard InChI is InChI=1S/C22H33N3O2/c1-15(2)20-12-19(24-25(20)22(5,6)7)21(26)23-13-17-8-10-18(11-9-17)14-27-16(3)4/h8-12,15-16H,13-14H2,1-7H3,(H,23,26). The molecule has 0 bridgehead atoms. The van der Waals surface area contributed by atoms with Crippen molar-refractivity contribution in [3.05, 3.63) is 52.8 Å². The van der Waals surface area contributed by atoms with Crippen LogP contribution in [0.3, 0.4) is 0 Å². The smallest absolute Gasteiger partial charge is 0.272 e. The van der Waals surface area contributed by atoms with E-state index in [2.05, 4.69) is 45.0 Å². The lowest BCUT2D eigenvalue weighted by Gasteiger charge is -2.23. The molecular weight excluding hydrogens is 338 g/mol. The zero-order chi connectivity index (χ0) is 20.2. The minimum atomic E-state index is -0.161. The molecular formula is C22H33N3O2. The molecule has 2 aromatic rings. The Morgan fingerprint density at radius 2 is 1.70 bits per heavy atom. The van der Waals surface area contributed by atoms with Crippen molar-refractivity contribution in [2.45, 2.75) is 79.2 Å². The maximum Gasteiger partial charge on any atom is 0.272 e. The number of hydrogen-bond acceptors (Lipinski definition) is 3. The van der Waals surface area contributed by atoms with Gasteiger partial charge in [-0.1, -0.05) is 38.1 Å². The Kier molecular flexibility index (Phi) is 6.82. The fourth-order valence-electron chi connectivity index (χ4n) is 2.74. The number of rotatable bonds is 7. The molecule has 1 aromatic carbocycles. The third kappa shape index (κ3) is 5.93. The van der Waals surface area contributed by atoms with Crippen LogP contribution in [0.5, 0.6) is 0 Å². The fourth-order valence-corrected chi connectivity index (χ4v) is 2.74. The normalized spacial score (nSPS) is 12.0. The monoisotopic (exact) mass is 371 g/mol. The Morgan fingerprint density at radius 3 is 2.19 bits per heavy atom. The Bertz CT molecular complexity index is 753. The number of nitrogens with one attached hydrogen (secondary N) is 1. The zero-order valence-corrected chi connectivity index (χ0v) is 17.7. The Morgan fingerprint density at radius 1 is 1.11 bits per heavy atom. The number of carbonyl (C=O) groups is 1. The number of benzene rings is 1. The summed E-state index contributed by atoms with van der Waals surface area (Å²) >= 11 is 0. The summed E-state index contributed by atoms with van der Waals surface area (Å²) in [6, 6.07) is 10.0. The molecule has 1 aromatic heterocycles. The lowest BCUT2D eigenvalue weighted by atomic mass is 10.1. The van der Waals surface area contributed by atoms with E-state index in [1.807, 2.05) is 48.9 Å². The van der Waals surface area contributed by atoms with Gasteiger partial charge in [-0.3, -0.25) is 9.48 Å². The first-order chi connectivity index (χ1) is 12.6. The predicted octanol–water partition coefficient (Wildman–Crippen LogP) is 4.62. The molecule has 0 aliphatic heterocycles. The molecule has 5 nitrogen and oxygen atoms in total. The van der Waals surface area contributed by atoms with Gasteiger partial charge in [0.2, 0.25) is 0 Å². The van der Waals surface area contributed by atoms with Crippen molar-refractivity contribution in [2.75, 3.05) is 0 Å². The lowest BCUT2D eigenvalue weighted by molar-refractivity contribution is 0.0657. The largest absolute Gasteiger partial charge is 0.374 e. The Labute approximate surface area is 163 Å². The van der Waals surface area contributed by atoms with Gasteiger partial charge in [-0.15, -0.1) is 0 Å². The molecule has 0 saturated carbocycles. The molecule has 1 N–H and O–H groups in total. The first kappa shape index (κ1) is 21.2. The Hall–Kier alpha value is -2.14. The maximum absolute atomic E-state index is 12.6. The van der Waals surface area contributed by atoms with Crippen LogP contribution in [0.1, 0.15) is 81.7 Å². The molecule has 1 amide bonds. The average Bonchev–Trinajstić information content (AvgIpc) is 3.05. The van der Waals surface area contributed by atoms with E-state index >= 15 is 0 Å². The van der Waals surface area contributed by atoms with E-state index in [0.29, 0.717) is 24.8 Å². The zero-order valence-electron chi connectivity index (χ0n) is 17.7. The van der Waals surface area contributed by atoms with Crippen LogP contribution < -0.4 is 5.32 Å². The van der Waals surface area contributed by atoms with Crippen LogP contribution in [0.15, 0.2) is 30.3 Å². The molecule has 5 heteroatoms. The van der Waals surface area contributed by atoms with Crippen molar-refractivity contribution in [3.63, 3.8) is 0 Å². The van der Waals surface area contributed by atoms with Crippen molar-refractivity contribution in [1.82, 2.24) is 15.1 Å². The molecule has 0 aliphatic carbocycles. The van der Waals surface area contributed by atoms with Crippen LogP contribution in [0, 0.1) is 0 Å². The van der Waals surface area contributed by atoms with Crippen LogP contribution >= 0.6 is 0 Å². The van der Waals surface area contributed by atoms with Crippen LogP contribution in [0.2, 0.25) is 0 Å². The summed E-state index contributed by atoms with van der Waals surface area (Å²) in [4.78, 5) is 12.6. The molecule has 148 valence electrons. The van der Waals surface area contributed by atoms with Gasteiger partial charge in [0.1, 0.15) is 5.69 Å². The van der Waals surface area contributed by atoms with Gasteiger partial charge in [0.25, 0.3) is 5.91 Å². The maximum atomic E-state index is 12.6. The number of hydrogen-bond donors (Lipinski definition) is 1. The van der Waals surface area contributed by atoms with Crippen LogP contribution in [0.25, 0.3) is 0 Å². The molecule has 0 fully saturated rings. The van der Waals surface area contributed by atoms with Gasteiger partial charge in [-0.05, 0) is 57.7 Å². The van der Waals surface area contributed by atoms with Crippen LogP contribution in [0.4, 0.5) is 0 Å². The SMILES string of the molecule is CC(C)OCc1ccc(CNC(=O)c2cc(C(C)C)n(C(C)(C)C)n2)cc1. The molecule has 27 heavy (non-hydrogen) atoms. The fraction of sp³-hybridized carbons (Fsp3) is 0.545. The molecule has 0 unspecified atom stereocenters. The topological polar surface area (TPSA) is 56.1 Å². The van der Waals surface area contributed by atoms with E-state index < -0.39 is 0 Å². The first-order valence-corrected chi connectivity index (χ1v) is 9.66. The molecule has 0 aliphatic rings. The van der Waals surface area contributed by atoms with Gasteiger partial charge < -0.3 is 10.1 Å². The average molecular weight is 372 g/mol.